The zero-order valence-electron chi connectivity index (χ0n) is 21.0. The highest BCUT2D eigenvalue weighted by Gasteiger charge is 2.29. The highest BCUT2D eigenvalue weighted by Crippen LogP contribution is 2.26. The van der Waals surface area contributed by atoms with E-state index in [1.54, 1.807) is 38.5 Å². The van der Waals surface area contributed by atoms with Gasteiger partial charge in [-0.15, -0.1) is 0 Å². The highest BCUT2D eigenvalue weighted by atomic mass is 16.5. The fourth-order valence-corrected chi connectivity index (χ4v) is 4.66. The second-order valence-corrected chi connectivity index (χ2v) is 9.17. The summed E-state index contributed by atoms with van der Waals surface area (Å²) in [6, 6.07) is 14.0. The minimum atomic E-state index is -0.0580. The van der Waals surface area contributed by atoms with Gasteiger partial charge in [0.15, 0.2) is 5.69 Å². The van der Waals surface area contributed by atoms with Crippen molar-refractivity contribution < 1.29 is 9.53 Å². The predicted octanol–water partition coefficient (Wildman–Crippen LogP) is 2.98. The molecule has 1 aromatic carbocycles. The maximum Gasteiger partial charge on any atom is 0.274 e. The third-order valence-corrected chi connectivity index (χ3v) is 6.58. The second-order valence-electron chi connectivity index (χ2n) is 9.17. The quantitative estimate of drug-likeness (QED) is 0.382. The van der Waals surface area contributed by atoms with Crippen LogP contribution in [0.1, 0.15) is 33.0 Å². The van der Waals surface area contributed by atoms with Crippen molar-refractivity contribution in [3.05, 3.63) is 89.3 Å². The lowest BCUT2D eigenvalue weighted by Crippen LogP contribution is -2.33. The van der Waals surface area contributed by atoms with Crippen LogP contribution in [0.25, 0.3) is 5.95 Å². The van der Waals surface area contributed by atoms with Gasteiger partial charge in [0, 0.05) is 82.2 Å². The molecule has 9 nitrogen and oxygen atoms in total. The molecule has 0 N–H and O–H groups in total. The Kier molecular flexibility index (Phi) is 6.81. The topological polar surface area (TPSA) is 81.3 Å². The molecule has 9 heteroatoms. The normalized spacial score (nSPS) is 13.4. The number of carbonyl (C=O) groups excluding carboxylic acids is 1. The third-order valence-electron chi connectivity index (χ3n) is 6.58. The summed E-state index contributed by atoms with van der Waals surface area (Å²) in [6.45, 7) is 3.02. The van der Waals surface area contributed by atoms with Crippen LogP contribution in [0.5, 0.6) is 5.75 Å². The Bertz CT molecular complexity index is 1330. The molecule has 1 aliphatic rings. The van der Waals surface area contributed by atoms with Crippen molar-refractivity contribution in [1.82, 2.24) is 34.1 Å². The lowest BCUT2D eigenvalue weighted by Gasteiger charge is -2.28. The highest BCUT2D eigenvalue weighted by molar-refractivity contribution is 5.93. The molecule has 0 saturated carbocycles. The number of rotatable bonds is 8. The van der Waals surface area contributed by atoms with Gasteiger partial charge in [0.2, 0.25) is 5.95 Å². The average molecular weight is 486 g/mol. The maximum atomic E-state index is 13.0. The monoisotopic (exact) mass is 485 g/mol. The van der Waals surface area contributed by atoms with Crippen molar-refractivity contribution in [3.8, 4) is 11.7 Å². The van der Waals surface area contributed by atoms with Gasteiger partial charge < -0.3 is 9.64 Å². The van der Waals surface area contributed by atoms with Crippen LogP contribution in [-0.2, 0) is 32.5 Å². The van der Waals surface area contributed by atoms with Crippen LogP contribution >= 0.6 is 0 Å². The lowest BCUT2D eigenvalue weighted by atomic mass is 10.0. The zero-order valence-corrected chi connectivity index (χ0v) is 21.0. The first-order chi connectivity index (χ1) is 17.5. The molecule has 4 heterocycles. The van der Waals surface area contributed by atoms with Crippen molar-refractivity contribution in [3.63, 3.8) is 0 Å². The van der Waals surface area contributed by atoms with Crippen LogP contribution in [0.15, 0.2) is 61.1 Å². The van der Waals surface area contributed by atoms with Crippen molar-refractivity contribution in [2.75, 3.05) is 27.7 Å². The van der Waals surface area contributed by atoms with Crippen LogP contribution in [-0.4, -0.2) is 67.8 Å². The van der Waals surface area contributed by atoms with E-state index >= 15 is 0 Å². The molecule has 36 heavy (non-hydrogen) atoms. The number of ether oxygens (including phenoxy) is 1. The number of benzene rings is 1. The predicted molar refractivity (Wildman–Crippen MR) is 136 cm³/mol. The van der Waals surface area contributed by atoms with Gasteiger partial charge >= 0.3 is 0 Å². The van der Waals surface area contributed by atoms with Gasteiger partial charge in [0.25, 0.3) is 5.91 Å². The molecule has 0 saturated heterocycles. The first kappa shape index (κ1) is 23.7. The Morgan fingerprint density at radius 3 is 2.58 bits per heavy atom. The molecule has 0 atom stereocenters. The fraction of sp³-hybridized carbons (Fsp3) is 0.333. The number of amides is 1. The number of aryl methyl sites for hydroxylation is 2. The van der Waals surface area contributed by atoms with Gasteiger partial charge in [-0.1, -0.05) is 12.1 Å². The van der Waals surface area contributed by atoms with Gasteiger partial charge in [-0.25, -0.2) is 9.97 Å². The number of fused-ring (bicyclic) bond motifs is 1. The number of aromatic nitrogens is 5. The smallest absolute Gasteiger partial charge is 0.274 e. The standard InChI is InChI=1S/C27H31N7O2/c1-31(2)26(35)25-23-19-32(18-21-6-4-15-33(21)27-28-13-5-14-29-27)16-12-24(23)34(30-25)17-11-20-7-9-22(36-3)10-8-20/h4-10,13-15H,11-12,16-19H2,1-3H3. The van der Waals surface area contributed by atoms with Gasteiger partial charge in [-0.05, 0) is 42.3 Å². The van der Waals surface area contributed by atoms with Gasteiger partial charge in [-0.2, -0.15) is 5.10 Å². The molecule has 1 amide bonds. The second kappa shape index (κ2) is 10.3. The molecule has 1 aliphatic heterocycles. The zero-order chi connectivity index (χ0) is 25.1. The Labute approximate surface area is 211 Å². The number of nitrogens with zero attached hydrogens (tertiary/aromatic N) is 7. The number of carbonyl (C=O) groups is 1. The molecule has 186 valence electrons. The van der Waals surface area contributed by atoms with Crippen LogP contribution in [0.4, 0.5) is 0 Å². The number of methoxy groups -OCH3 is 1. The molecule has 0 fully saturated rings. The first-order valence-electron chi connectivity index (χ1n) is 12.1. The Hall–Kier alpha value is -3.98. The maximum absolute atomic E-state index is 13.0. The molecule has 0 spiro atoms. The van der Waals surface area contributed by atoms with E-state index < -0.39 is 0 Å². The molecule has 0 radical (unpaired) electrons. The Morgan fingerprint density at radius 1 is 1.08 bits per heavy atom. The van der Waals surface area contributed by atoms with Crippen LogP contribution in [0, 0.1) is 0 Å². The summed E-state index contributed by atoms with van der Waals surface area (Å²) in [5, 5.41) is 4.81. The first-order valence-corrected chi connectivity index (χ1v) is 12.1. The third kappa shape index (κ3) is 4.87. The summed E-state index contributed by atoms with van der Waals surface area (Å²) in [5.74, 6) is 1.45. The van der Waals surface area contributed by atoms with E-state index in [2.05, 4.69) is 33.1 Å². The minimum absolute atomic E-state index is 0.0580. The van der Waals surface area contributed by atoms with Crippen LogP contribution in [0.3, 0.4) is 0 Å². The van der Waals surface area contributed by atoms with Gasteiger partial charge in [0.05, 0.1) is 7.11 Å². The molecule has 4 aromatic rings. The van der Waals surface area contributed by atoms with Gasteiger partial charge in [-0.3, -0.25) is 18.9 Å². The van der Waals surface area contributed by atoms with E-state index in [0.29, 0.717) is 18.2 Å². The van der Waals surface area contributed by atoms with Crippen molar-refractivity contribution in [2.45, 2.75) is 32.5 Å². The van der Waals surface area contributed by atoms with Gasteiger partial charge in [0.1, 0.15) is 5.75 Å². The van der Waals surface area contributed by atoms with Crippen LogP contribution < -0.4 is 4.74 Å². The number of hydrogen-bond donors (Lipinski definition) is 0. The Morgan fingerprint density at radius 2 is 1.86 bits per heavy atom. The van der Waals surface area contributed by atoms with Crippen molar-refractivity contribution >= 4 is 5.91 Å². The molecule has 0 bridgehead atoms. The summed E-state index contributed by atoms with van der Waals surface area (Å²) in [5.41, 5.74) is 5.06. The van der Waals surface area contributed by atoms with E-state index in [-0.39, 0.29) is 5.91 Å². The average Bonchev–Trinajstić information content (AvgIpc) is 3.52. The molecule has 0 unspecified atom stereocenters. The fourth-order valence-electron chi connectivity index (χ4n) is 4.66. The largest absolute Gasteiger partial charge is 0.497 e. The molecular formula is C27H31N7O2. The van der Waals surface area contributed by atoms with E-state index in [4.69, 9.17) is 9.84 Å². The summed E-state index contributed by atoms with van der Waals surface area (Å²) in [7, 11) is 5.22. The van der Waals surface area contributed by atoms with Crippen molar-refractivity contribution in [2.24, 2.45) is 0 Å². The molecular weight excluding hydrogens is 454 g/mol. The van der Waals surface area contributed by atoms with E-state index in [0.717, 1.165) is 55.2 Å². The van der Waals surface area contributed by atoms with Crippen LogP contribution in [0.2, 0.25) is 0 Å². The summed E-state index contributed by atoms with van der Waals surface area (Å²) < 4.78 is 9.31. The Balaban J connectivity index is 1.36. The van der Waals surface area contributed by atoms with Crippen molar-refractivity contribution in [1.29, 1.82) is 0 Å². The molecule has 0 aliphatic carbocycles. The SMILES string of the molecule is COc1ccc(CCn2nc(C(=O)N(C)C)c3c2CCN(Cc2cccn2-c2ncccn2)C3)cc1. The van der Waals surface area contributed by atoms with E-state index in [1.165, 1.54) is 5.56 Å². The van der Waals surface area contributed by atoms with E-state index in [1.807, 2.05) is 39.7 Å². The number of hydrogen-bond acceptors (Lipinski definition) is 6. The lowest BCUT2D eigenvalue weighted by molar-refractivity contribution is 0.0818. The van der Waals surface area contributed by atoms with E-state index in [9.17, 15) is 4.79 Å². The minimum Gasteiger partial charge on any atom is -0.497 e. The summed E-state index contributed by atoms with van der Waals surface area (Å²) in [6.07, 6.45) is 7.16. The summed E-state index contributed by atoms with van der Waals surface area (Å²) in [4.78, 5) is 25.8. The summed E-state index contributed by atoms with van der Waals surface area (Å²) >= 11 is 0. The molecule has 5 rings (SSSR count). The molecule has 3 aromatic heterocycles.